The number of carbonyl (C=O) groups is 3. The normalized spacial score (nSPS) is 17.2. The van der Waals surface area contributed by atoms with Crippen molar-refractivity contribution < 1.29 is 54.7 Å². The van der Waals surface area contributed by atoms with Gasteiger partial charge in [-0.15, -0.1) is 0 Å². The van der Waals surface area contributed by atoms with Crippen molar-refractivity contribution in [2.45, 2.75) is 89.0 Å². The monoisotopic (exact) mass is 784 g/mol. The Kier molecular flexibility index (Phi) is 12.1. The van der Waals surface area contributed by atoms with E-state index in [0.717, 1.165) is 15.7 Å². The van der Waals surface area contributed by atoms with Gasteiger partial charge >= 0.3 is 24.3 Å². The maximum Gasteiger partial charge on any atom is 0.415 e. The number of fused-ring (bicyclic) bond motifs is 1. The fourth-order valence-electron chi connectivity index (χ4n) is 5.49. The molecule has 3 N–H and O–H groups in total. The van der Waals surface area contributed by atoms with Crippen LogP contribution in [0.5, 0.6) is 0 Å². The van der Waals surface area contributed by atoms with Gasteiger partial charge in [0.05, 0.1) is 28.7 Å². The Bertz CT molecular complexity index is 2000. The average Bonchev–Trinajstić information content (AvgIpc) is 3.39. The molecule has 0 aliphatic carbocycles. The van der Waals surface area contributed by atoms with Gasteiger partial charge in [0.1, 0.15) is 30.5 Å². The Labute approximate surface area is 310 Å². The van der Waals surface area contributed by atoms with Gasteiger partial charge in [0.15, 0.2) is 15.7 Å². The molecule has 1 aromatic heterocycles. The number of aromatic nitrogens is 1. The zero-order chi connectivity index (χ0) is 40.4. The first-order valence-electron chi connectivity index (χ1n) is 16.7. The third-order valence-electron chi connectivity index (χ3n) is 7.80. The summed E-state index contributed by atoms with van der Waals surface area (Å²) < 4.78 is 92.3. The summed E-state index contributed by atoms with van der Waals surface area (Å²) in [7, 11) is -3.58. The average molecular weight is 785 g/mol. The lowest BCUT2D eigenvalue weighted by atomic mass is 10.0. The molecule has 0 unspecified atom stereocenters. The van der Waals surface area contributed by atoms with Gasteiger partial charge in [-0.3, -0.25) is 4.90 Å². The number of anilines is 2. The van der Waals surface area contributed by atoms with E-state index in [-0.39, 0.29) is 52.4 Å². The fraction of sp³-hybridized carbons (Fsp3) is 0.486. The van der Waals surface area contributed by atoms with E-state index in [2.05, 4.69) is 10.5 Å². The molecule has 3 aromatic rings. The zero-order valence-corrected chi connectivity index (χ0v) is 31.7. The molecule has 2 aromatic carbocycles. The summed E-state index contributed by atoms with van der Waals surface area (Å²) >= 11 is 0. The van der Waals surface area contributed by atoms with Crippen molar-refractivity contribution in [1.82, 2.24) is 9.47 Å². The predicted molar refractivity (Wildman–Crippen MR) is 193 cm³/mol. The van der Waals surface area contributed by atoms with Crippen LogP contribution in [0.1, 0.15) is 53.7 Å². The third kappa shape index (κ3) is 11.2. The Morgan fingerprint density at radius 2 is 1.63 bits per heavy atom. The number of oxime groups is 1. The van der Waals surface area contributed by atoms with Crippen LogP contribution in [-0.2, 0) is 35.5 Å². The molecule has 19 heteroatoms. The van der Waals surface area contributed by atoms with E-state index in [9.17, 15) is 36.0 Å². The first-order valence-corrected chi connectivity index (χ1v) is 18.6. The number of sulfone groups is 1. The fourth-order valence-corrected chi connectivity index (χ4v) is 6.12. The standard InChI is InChI=1S/C35H44F4N6O8S/c1-33(2,3)51-31(47)43-16-15-26(24(36)18-43)41-25-9-8-10-27-23(25)17-28(45(27)20-35(37,38)39)30(40)42-53-29(46)19-44(32(48)52-34(4,5)6)21-11-13-22(14-12-21)54(7,49)50/h8-14,17,24,26,41H,15-16,18-20H2,1-7H3,(H2,40,42)/t24-,26+/m0/s1. The van der Waals surface area contributed by atoms with E-state index >= 15 is 4.39 Å². The van der Waals surface area contributed by atoms with Crippen LogP contribution in [0.25, 0.3) is 10.9 Å². The van der Waals surface area contributed by atoms with Crippen LogP contribution in [0.15, 0.2) is 58.6 Å². The van der Waals surface area contributed by atoms with E-state index in [1.807, 2.05) is 0 Å². The first kappa shape index (κ1) is 41.7. The minimum atomic E-state index is -4.72. The highest BCUT2D eigenvalue weighted by Gasteiger charge is 2.35. The van der Waals surface area contributed by atoms with E-state index in [1.165, 1.54) is 47.4 Å². The van der Waals surface area contributed by atoms with Crippen LogP contribution in [0, 0.1) is 0 Å². The largest absolute Gasteiger partial charge is 0.444 e. The van der Waals surface area contributed by atoms with Crippen molar-refractivity contribution >= 4 is 56.1 Å². The van der Waals surface area contributed by atoms with E-state index < -0.39 is 76.5 Å². The van der Waals surface area contributed by atoms with Crippen LogP contribution >= 0.6 is 0 Å². The van der Waals surface area contributed by atoms with Crippen LogP contribution in [-0.4, -0.2) is 97.4 Å². The highest BCUT2D eigenvalue weighted by Crippen LogP contribution is 2.32. The molecule has 0 radical (unpaired) electrons. The number of nitrogens with zero attached hydrogens (tertiary/aromatic N) is 4. The summed E-state index contributed by atoms with van der Waals surface area (Å²) in [4.78, 5) is 45.5. The molecule has 1 aliphatic rings. The molecule has 2 atom stereocenters. The van der Waals surface area contributed by atoms with Gasteiger partial charge in [0.25, 0.3) is 0 Å². The minimum Gasteiger partial charge on any atom is -0.444 e. The van der Waals surface area contributed by atoms with Crippen LogP contribution in [0.2, 0.25) is 0 Å². The Morgan fingerprint density at radius 1 is 1.00 bits per heavy atom. The molecule has 1 fully saturated rings. The van der Waals surface area contributed by atoms with Crippen molar-refractivity contribution in [3.63, 3.8) is 0 Å². The molecular weight excluding hydrogens is 740 g/mol. The van der Waals surface area contributed by atoms with Gasteiger partial charge < -0.3 is 34.8 Å². The molecule has 2 heterocycles. The summed E-state index contributed by atoms with van der Waals surface area (Å²) in [6.07, 6.45) is -6.73. The zero-order valence-electron chi connectivity index (χ0n) is 30.9. The first-order chi connectivity index (χ1) is 24.8. The summed E-state index contributed by atoms with van der Waals surface area (Å²) in [5.41, 5.74) is 4.49. The Hall–Kier alpha value is -5.07. The van der Waals surface area contributed by atoms with Crippen LogP contribution in [0.3, 0.4) is 0 Å². The van der Waals surface area contributed by atoms with E-state index in [4.69, 9.17) is 20.0 Å². The molecule has 0 saturated carbocycles. The topological polar surface area (TPSA) is 175 Å². The number of piperidine rings is 1. The lowest BCUT2D eigenvalue weighted by molar-refractivity contribution is -0.142. The van der Waals surface area contributed by atoms with E-state index in [0.29, 0.717) is 0 Å². The van der Waals surface area contributed by atoms with Gasteiger partial charge in [-0.25, -0.2) is 27.2 Å². The van der Waals surface area contributed by atoms with Gasteiger partial charge in [-0.1, -0.05) is 11.2 Å². The summed E-state index contributed by atoms with van der Waals surface area (Å²) in [6, 6.07) is 9.94. The summed E-state index contributed by atoms with van der Waals surface area (Å²) in [5.74, 6) is -1.78. The maximum atomic E-state index is 15.4. The molecule has 1 saturated heterocycles. The van der Waals surface area contributed by atoms with Crippen LogP contribution in [0.4, 0.5) is 38.5 Å². The molecule has 4 rings (SSSR count). The van der Waals surface area contributed by atoms with Gasteiger partial charge in [0.2, 0.25) is 0 Å². The van der Waals surface area contributed by atoms with Gasteiger partial charge in [-0.2, -0.15) is 13.2 Å². The summed E-state index contributed by atoms with van der Waals surface area (Å²) in [5, 5.41) is 6.87. The number of hydrogen-bond donors (Lipinski definition) is 2. The number of benzene rings is 2. The quantitative estimate of drug-likeness (QED) is 0.0865. The second-order valence-corrected chi connectivity index (χ2v) is 16.7. The maximum absolute atomic E-state index is 15.4. The lowest BCUT2D eigenvalue weighted by Crippen LogP contribution is -2.51. The highest BCUT2D eigenvalue weighted by molar-refractivity contribution is 7.90. The number of carbonyl (C=O) groups excluding carboxylic acids is 3. The number of amides is 2. The molecule has 2 amide bonds. The number of amidine groups is 1. The number of nitrogens with two attached hydrogens (primary N) is 1. The molecule has 54 heavy (non-hydrogen) atoms. The number of halogens is 4. The minimum absolute atomic E-state index is 0.0453. The SMILES string of the molecule is CC(C)(C)OC(=O)N1CC[C@@H](Nc2cccc3c2cc(/C(N)=N/OC(=O)CN(C(=O)OC(C)(C)C)c2ccc(S(C)(=O)=O)cc2)n3CC(F)(F)F)[C@@H](F)C1. The number of nitrogens with one attached hydrogen (secondary N) is 1. The smallest absolute Gasteiger partial charge is 0.415 e. The van der Waals surface area contributed by atoms with Gasteiger partial charge in [0, 0.05) is 29.6 Å². The molecule has 0 spiro atoms. The summed E-state index contributed by atoms with van der Waals surface area (Å²) in [6.45, 7) is 7.45. The third-order valence-corrected chi connectivity index (χ3v) is 8.93. The Morgan fingerprint density at radius 3 is 2.19 bits per heavy atom. The molecule has 14 nitrogen and oxygen atoms in total. The number of hydrogen-bond acceptors (Lipinski definition) is 10. The van der Waals surface area contributed by atoms with Crippen molar-refractivity contribution in [3.05, 3.63) is 54.2 Å². The van der Waals surface area contributed by atoms with Gasteiger partial charge in [-0.05, 0) is 90.4 Å². The van der Waals surface area contributed by atoms with Crippen LogP contribution < -0.4 is 16.0 Å². The van der Waals surface area contributed by atoms with E-state index in [1.54, 1.807) is 47.6 Å². The Balaban J connectivity index is 1.59. The highest BCUT2D eigenvalue weighted by atomic mass is 32.2. The van der Waals surface area contributed by atoms with Crippen molar-refractivity contribution in [2.75, 3.05) is 36.1 Å². The number of alkyl halides is 4. The van der Waals surface area contributed by atoms with Crippen molar-refractivity contribution in [1.29, 1.82) is 0 Å². The predicted octanol–water partition coefficient (Wildman–Crippen LogP) is 5.97. The lowest BCUT2D eigenvalue weighted by Gasteiger charge is -2.36. The van der Waals surface area contributed by atoms with Crippen molar-refractivity contribution in [3.8, 4) is 0 Å². The second-order valence-electron chi connectivity index (χ2n) is 14.7. The number of rotatable bonds is 9. The molecular formula is C35H44F4N6O8S. The second kappa shape index (κ2) is 15.7. The molecule has 296 valence electrons. The molecule has 1 aliphatic heterocycles. The number of likely N-dealkylation sites (tertiary alicyclic amines) is 1. The molecule has 0 bridgehead atoms. The number of ether oxygens (including phenoxy) is 2. The van der Waals surface area contributed by atoms with Crippen molar-refractivity contribution in [2.24, 2.45) is 10.9 Å².